The summed E-state index contributed by atoms with van der Waals surface area (Å²) in [4.78, 5) is 16.7. The maximum Gasteiger partial charge on any atom is 0.273 e. The van der Waals surface area contributed by atoms with Gasteiger partial charge in [-0.2, -0.15) is 0 Å². The highest BCUT2D eigenvalue weighted by atomic mass is 16.5. The summed E-state index contributed by atoms with van der Waals surface area (Å²) in [5, 5.41) is 3.19. The van der Waals surface area contributed by atoms with Crippen LogP contribution in [-0.2, 0) is 17.6 Å². The molecule has 0 spiro atoms. The second-order valence-electron chi connectivity index (χ2n) is 6.62. The number of oxazole rings is 1. The molecule has 1 N–H and O–H groups in total. The third kappa shape index (κ3) is 2.63. The smallest absolute Gasteiger partial charge is 0.273 e. The lowest BCUT2D eigenvalue weighted by Crippen LogP contribution is -2.62. The van der Waals surface area contributed by atoms with Gasteiger partial charge in [0.05, 0.1) is 6.10 Å². The summed E-state index contributed by atoms with van der Waals surface area (Å²) in [6.45, 7) is 2.75. The molecule has 1 aromatic heterocycles. The van der Waals surface area contributed by atoms with Crippen LogP contribution in [0.25, 0.3) is 0 Å². The molecule has 4 atom stereocenters. The Hall–Kier alpha value is -2.14. The molecule has 5 heteroatoms. The second-order valence-corrected chi connectivity index (χ2v) is 6.62. The molecule has 4 rings (SSSR count). The summed E-state index contributed by atoms with van der Waals surface area (Å²) >= 11 is 0. The molecule has 2 fully saturated rings. The van der Waals surface area contributed by atoms with Crippen molar-refractivity contribution in [3.8, 4) is 0 Å². The Bertz CT molecular complexity index is 712. The zero-order chi connectivity index (χ0) is 16.5. The zero-order valence-corrected chi connectivity index (χ0v) is 13.8. The highest BCUT2D eigenvalue weighted by Gasteiger charge is 2.54. The Morgan fingerprint density at radius 2 is 2.17 bits per heavy atom. The van der Waals surface area contributed by atoms with Gasteiger partial charge >= 0.3 is 0 Å². The van der Waals surface area contributed by atoms with Crippen LogP contribution in [0.5, 0.6) is 0 Å². The van der Waals surface area contributed by atoms with E-state index in [1.807, 2.05) is 13.0 Å². The maximum absolute atomic E-state index is 12.6. The largest absolute Gasteiger partial charge is 0.448 e. The average Bonchev–Trinajstić information content (AvgIpc) is 3.25. The molecule has 1 saturated carbocycles. The molecular weight excluding hydrogens is 304 g/mol. The Morgan fingerprint density at radius 3 is 2.96 bits per heavy atom. The number of nitrogens with one attached hydrogen (secondary N) is 1. The Morgan fingerprint density at radius 1 is 1.33 bits per heavy atom. The van der Waals surface area contributed by atoms with Crippen LogP contribution in [0.3, 0.4) is 0 Å². The summed E-state index contributed by atoms with van der Waals surface area (Å²) in [6, 6.07) is 10.5. The molecule has 0 unspecified atom stereocenters. The van der Waals surface area contributed by atoms with E-state index >= 15 is 0 Å². The van der Waals surface area contributed by atoms with E-state index < -0.39 is 0 Å². The molecule has 0 bridgehead atoms. The van der Waals surface area contributed by atoms with Gasteiger partial charge in [-0.15, -0.1) is 0 Å². The zero-order valence-electron chi connectivity index (χ0n) is 13.8. The number of nitrogens with zero attached hydrogens (tertiary/aromatic N) is 1. The van der Waals surface area contributed by atoms with E-state index in [0.29, 0.717) is 29.7 Å². The van der Waals surface area contributed by atoms with Gasteiger partial charge in [-0.1, -0.05) is 37.3 Å². The summed E-state index contributed by atoms with van der Waals surface area (Å²) in [7, 11) is 0. The number of amides is 1. The minimum Gasteiger partial charge on any atom is -0.448 e. The van der Waals surface area contributed by atoms with E-state index in [2.05, 4.69) is 34.6 Å². The van der Waals surface area contributed by atoms with Gasteiger partial charge in [0.15, 0.2) is 12.1 Å². The van der Waals surface area contributed by atoms with Crippen LogP contribution in [-0.4, -0.2) is 29.6 Å². The van der Waals surface area contributed by atoms with Crippen LogP contribution in [0.2, 0.25) is 0 Å². The molecule has 126 valence electrons. The standard InChI is InChI=1S/C19H22N2O3/c1-2-15-17(20-11-24-15)19(22)21-16-13-8-9-23-18(13)14(16)10-12-6-4-3-5-7-12/h3-7,11,13-14,16,18H,2,8-10H2,1H3,(H,21,22)/t13-,14+,16-,18-/m0/s1. The first-order valence-corrected chi connectivity index (χ1v) is 8.66. The molecule has 2 aromatic rings. The molecule has 2 heterocycles. The first-order valence-electron chi connectivity index (χ1n) is 8.66. The number of benzene rings is 1. The molecule has 1 aliphatic heterocycles. The molecular formula is C19H22N2O3. The summed E-state index contributed by atoms with van der Waals surface area (Å²) in [5.74, 6) is 1.25. The van der Waals surface area contributed by atoms with Gasteiger partial charge in [0.1, 0.15) is 5.76 Å². The molecule has 24 heavy (non-hydrogen) atoms. The van der Waals surface area contributed by atoms with Gasteiger partial charge in [0.25, 0.3) is 5.91 Å². The van der Waals surface area contributed by atoms with E-state index in [4.69, 9.17) is 9.15 Å². The summed E-state index contributed by atoms with van der Waals surface area (Å²) in [6.07, 6.45) is 4.21. The average molecular weight is 326 g/mol. The third-order valence-electron chi connectivity index (χ3n) is 5.32. The van der Waals surface area contributed by atoms with Crippen LogP contribution in [0.15, 0.2) is 41.1 Å². The van der Waals surface area contributed by atoms with E-state index in [0.717, 1.165) is 19.4 Å². The number of carbonyl (C=O) groups is 1. The topological polar surface area (TPSA) is 64.4 Å². The van der Waals surface area contributed by atoms with E-state index in [9.17, 15) is 4.79 Å². The van der Waals surface area contributed by atoms with Crippen molar-refractivity contribution in [3.63, 3.8) is 0 Å². The Kier molecular flexibility index (Phi) is 4.10. The molecule has 1 aliphatic carbocycles. The predicted octanol–water partition coefficient (Wildman–Crippen LogP) is 2.61. The number of aryl methyl sites for hydroxylation is 1. The summed E-state index contributed by atoms with van der Waals surface area (Å²) < 4.78 is 11.2. The van der Waals surface area contributed by atoms with Crippen molar-refractivity contribution in [1.29, 1.82) is 0 Å². The third-order valence-corrected chi connectivity index (χ3v) is 5.32. The van der Waals surface area contributed by atoms with Gasteiger partial charge in [-0.3, -0.25) is 4.79 Å². The first kappa shape index (κ1) is 15.4. The van der Waals surface area contributed by atoms with Crippen molar-refractivity contribution in [3.05, 3.63) is 53.7 Å². The highest BCUT2D eigenvalue weighted by Crippen LogP contribution is 2.45. The summed E-state index contributed by atoms with van der Waals surface area (Å²) in [5.41, 5.74) is 1.70. The molecule has 5 nitrogen and oxygen atoms in total. The van der Waals surface area contributed by atoms with Crippen molar-refractivity contribution < 1.29 is 13.9 Å². The van der Waals surface area contributed by atoms with Gasteiger partial charge in [-0.05, 0) is 18.4 Å². The van der Waals surface area contributed by atoms with Gasteiger partial charge in [-0.25, -0.2) is 4.98 Å². The van der Waals surface area contributed by atoms with Crippen molar-refractivity contribution in [2.75, 3.05) is 6.61 Å². The molecule has 1 saturated heterocycles. The SMILES string of the molecule is CCc1ocnc1C(=O)N[C@@H]1[C@@H](Cc2ccccc2)[C@H]2OCC[C@@H]12. The quantitative estimate of drug-likeness (QED) is 0.917. The van der Waals surface area contributed by atoms with E-state index in [-0.39, 0.29) is 18.1 Å². The lowest BCUT2D eigenvalue weighted by atomic mass is 9.64. The van der Waals surface area contributed by atoms with Crippen molar-refractivity contribution in [2.24, 2.45) is 11.8 Å². The number of carbonyl (C=O) groups excluding carboxylic acids is 1. The fraction of sp³-hybridized carbons (Fsp3) is 0.474. The highest BCUT2D eigenvalue weighted by molar-refractivity contribution is 5.93. The number of rotatable bonds is 5. The predicted molar refractivity (Wildman–Crippen MR) is 88.6 cm³/mol. The molecule has 1 aromatic carbocycles. The lowest BCUT2D eigenvalue weighted by molar-refractivity contribution is -0.0528. The maximum atomic E-state index is 12.6. The normalized spacial score (nSPS) is 28.2. The minimum atomic E-state index is -0.131. The van der Waals surface area contributed by atoms with Gasteiger partial charge in [0.2, 0.25) is 0 Å². The Balaban J connectivity index is 1.49. The second kappa shape index (κ2) is 6.40. The molecule has 0 radical (unpaired) electrons. The van der Waals surface area contributed by atoms with Crippen molar-refractivity contribution >= 4 is 5.91 Å². The molecule has 1 amide bonds. The van der Waals surface area contributed by atoms with Crippen LogP contribution >= 0.6 is 0 Å². The fourth-order valence-corrected chi connectivity index (χ4v) is 4.10. The van der Waals surface area contributed by atoms with Crippen molar-refractivity contribution in [1.82, 2.24) is 10.3 Å². The van der Waals surface area contributed by atoms with Crippen LogP contribution in [0, 0.1) is 11.8 Å². The van der Waals surface area contributed by atoms with Gasteiger partial charge < -0.3 is 14.5 Å². The first-order chi connectivity index (χ1) is 11.8. The van der Waals surface area contributed by atoms with E-state index in [1.54, 1.807) is 0 Å². The fourth-order valence-electron chi connectivity index (χ4n) is 4.10. The van der Waals surface area contributed by atoms with Gasteiger partial charge in [0, 0.05) is 30.9 Å². The molecule has 2 aliphatic rings. The Labute approximate surface area is 141 Å². The minimum absolute atomic E-state index is 0.131. The lowest BCUT2D eigenvalue weighted by Gasteiger charge is -2.48. The number of fused-ring (bicyclic) bond motifs is 1. The number of hydrogen-bond acceptors (Lipinski definition) is 4. The van der Waals surface area contributed by atoms with Crippen LogP contribution < -0.4 is 5.32 Å². The number of hydrogen-bond donors (Lipinski definition) is 1. The van der Waals surface area contributed by atoms with Crippen molar-refractivity contribution in [2.45, 2.75) is 38.3 Å². The monoisotopic (exact) mass is 326 g/mol. The van der Waals surface area contributed by atoms with Crippen LogP contribution in [0.4, 0.5) is 0 Å². The number of aromatic nitrogens is 1. The van der Waals surface area contributed by atoms with Crippen LogP contribution in [0.1, 0.15) is 35.2 Å². The number of ether oxygens (including phenoxy) is 1. The van der Waals surface area contributed by atoms with E-state index in [1.165, 1.54) is 12.0 Å².